The first-order valence-electron chi connectivity index (χ1n) is 10.2. The predicted octanol–water partition coefficient (Wildman–Crippen LogP) is 3.93. The summed E-state index contributed by atoms with van der Waals surface area (Å²) >= 11 is 0. The lowest BCUT2D eigenvalue weighted by atomic mass is 10.2. The highest BCUT2D eigenvalue weighted by Crippen LogP contribution is 2.29. The third kappa shape index (κ3) is 8.89. The van der Waals surface area contributed by atoms with Crippen molar-refractivity contribution in [2.24, 2.45) is 0 Å². The van der Waals surface area contributed by atoms with Gasteiger partial charge in [0, 0.05) is 37.6 Å². The summed E-state index contributed by atoms with van der Waals surface area (Å²) in [6, 6.07) is 10.1. The van der Waals surface area contributed by atoms with Gasteiger partial charge in [-0.3, -0.25) is 0 Å². The lowest BCUT2D eigenvalue weighted by Gasteiger charge is -2.25. The van der Waals surface area contributed by atoms with Crippen LogP contribution in [0.15, 0.2) is 48.5 Å². The Balaban J connectivity index is 1.90. The van der Waals surface area contributed by atoms with Crippen LogP contribution in [-0.4, -0.2) is 69.2 Å². The van der Waals surface area contributed by atoms with Gasteiger partial charge < -0.3 is 30.5 Å². The van der Waals surface area contributed by atoms with Crippen molar-refractivity contribution < 1.29 is 27.5 Å². The Kier molecular flexibility index (Phi) is 9.34. The van der Waals surface area contributed by atoms with Crippen molar-refractivity contribution in [2.45, 2.75) is 6.18 Å². The minimum absolute atomic E-state index is 0.176. The van der Waals surface area contributed by atoms with Crippen LogP contribution in [0, 0.1) is 0 Å². The van der Waals surface area contributed by atoms with Crippen molar-refractivity contribution in [3.05, 3.63) is 54.1 Å². The predicted molar refractivity (Wildman–Crippen MR) is 121 cm³/mol. The number of alkyl halides is 3. The molecule has 0 aliphatic heterocycles. The minimum atomic E-state index is -4.45. The van der Waals surface area contributed by atoms with E-state index in [0.29, 0.717) is 24.5 Å². The van der Waals surface area contributed by atoms with Gasteiger partial charge in [0.2, 0.25) is 0 Å². The highest BCUT2D eigenvalue weighted by Gasteiger charge is 2.30. The topological polar surface area (TPSA) is 85.9 Å². The molecular weight excluding hydrogens is 439 g/mol. The van der Waals surface area contributed by atoms with E-state index < -0.39 is 23.8 Å². The molecule has 2 rings (SSSR count). The molecule has 180 valence electrons. The number of benzene rings is 2. The fourth-order valence-electron chi connectivity index (χ4n) is 2.73. The number of rotatable bonds is 9. The van der Waals surface area contributed by atoms with Crippen LogP contribution in [0.5, 0.6) is 5.75 Å². The summed E-state index contributed by atoms with van der Waals surface area (Å²) in [6.07, 6.45) is -4.45. The van der Waals surface area contributed by atoms with Gasteiger partial charge in [0.15, 0.2) is 0 Å². The maximum absolute atomic E-state index is 12.7. The van der Waals surface area contributed by atoms with Gasteiger partial charge in [-0.05, 0) is 62.6 Å². The number of anilines is 2. The summed E-state index contributed by atoms with van der Waals surface area (Å²) in [5.74, 6) is 0.663. The van der Waals surface area contributed by atoms with Crippen molar-refractivity contribution in [1.29, 1.82) is 0 Å². The van der Waals surface area contributed by atoms with E-state index in [1.807, 2.05) is 19.0 Å². The smallest absolute Gasteiger partial charge is 0.416 e. The molecule has 0 unspecified atom stereocenters. The highest BCUT2D eigenvalue weighted by atomic mass is 19.4. The fraction of sp³-hybridized carbons (Fsp3) is 0.364. The normalized spacial score (nSPS) is 11.1. The number of carbonyl (C=O) groups excluding carboxylic acids is 2. The second-order valence-corrected chi connectivity index (χ2v) is 7.40. The van der Waals surface area contributed by atoms with Crippen LogP contribution < -0.4 is 20.7 Å². The summed E-state index contributed by atoms with van der Waals surface area (Å²) < 4.78 is 43.2. The van der Waals surface area contributed by atoms with Gasteiger partial charge in [-0.25, -0.2) is 9.59 Å². The first-order chi connectivity index (χ1) is 15.6. The number of nitrogens with zero attached hydrogens (tertiary/aromatic N) is 2. The second kappa shape index (κ2) is 12.0. The molecule has 2 aromatic rings. The zero-order chi connectivity index (χ0) is 24.4. The Bertz CT molecular complexity index is 903. The second-order valence-electron chi connectivity index (χ2n) is 7.40. The van der Waals surface area contributed by atoms with Crippen LogP contribution in [0.3, 0.4) is 0 Å². The van der Waals surface area contributed by atoms with E-state index in [-0.39, 0.29) is 18.8 Å². The SMILES string of the molecule is COc1ccc(NC(=O)NCCN(CCN(C)C)C(=O)Nc2ccc(C(F)(F)F)cc2)cc1. The molecule has 0 aliphatic rings. The molecule has 0 saturated heterocycles. The highest BCUT2D eigenvalue weighted by molar-refractivity contribution is 5.90. The molecule has 0 fully saturated rings. The minimum Gasteiger partial charge on any atom is -0.497 e. The molecule has 11 heteroatoms. The maximum atomic E-state index is 12.7. The third-order valence-electron chi connectivity index (χ3n) is 4.58. The van der Waals surface area contributed by atoms with Crippen LogP contribution in [0.1, 0.15) is 5.56 Å². The standard InChI is InChI=1S/C22H28F3N5O3/c1-29(2)14-15-30(21(32)28-18-6-4-16(5-7-18)22(23,24)25)13-12-26-20(31)27-17-8-10-19(33-3)11-9-17/h4-11H,12-15H2,1-3H3,(H,28,32)(H2,26,27,31). The number of likely N-dealkylation sites (N-methyl/N-ethyl adjacent to an activating group) is 1. The van der Waals surface area contributed by atoms with E-state index in [0.717, 1.165) is 12.1 Å². The molecule has 2 aromatic carbocycles. The lowest BCUT2D eigenvalue weighted by molar-refractivity contribution is -0.137. The number of methoxy groups -OCH3 is 1. The molecule has 0 saturated carbocycles. The monoisotopic (exact) mass is 467 g/mol. The Morgan fingerprint density at radius 2 is 1.45 bits per heavy atom. The van der Waals surface area contributed by atoms with Crippen molar-refractivity contribution >= 4 is 23.4 Å². The summed E-state index contributed by atoms with van der Waals surface area (Å²) in [4.78, 5) is 28.2. The number of nitrogens with one attached hydrogen (secondary N) is 3. The fourth-order valence-corrected chi connectivity index (χ4v) is 2.73. The maximum Gasteiger partial charge on any atom is 0.416 e. The summed E-state index contributed by atoms with van der Waals surface area (Å²) in [7, 11) is 5.25. The van der Waals surface area contributed by atoms with E-state index in [4.69, 9.17) is 4.74 Å². The molecule has 0 heterocycles. The molecular formula is C22H28F3N5O3. The van der Waals surface area contributed by atoms with Gasteiger partial charge in [0.25, 0.3) is 0 Å². The Hall–Kier alpha value is -3.47. The Labute approximate surface area is 190 Å². The average molecular weight is 467 g/mol. The van der Waals surface area contributed by atoms with Gasteiger partial charge in [-0.2, -0.15) is 13.2 Å². The number of ether oxygens (including phenoxy) is 1. The first-order valence-corrected chi connectivity index (χ1v) is 10.2. The summed E-state index contributed by atoms with van der Waals surface area (Å²) in [6.45, 7) is 1.31. The number of carbonyl (C=O) groups is 2. The van der Waals surface area contributed by atoms with E-state index in [2.05, 4.69) is 16.0 Å². The van der Waals surface area contributed by atoms with E-state index in [1.165, 1.54) is 17.0 Å². The van der Waals surface area contributed by atoms with Crippen LogP contribution in [-0.2, 0) is 6.18 Å². The van der Waals surface area contributed by atoms with Gasteiger partial charge in [0.1, 0.15) is 5.75 Å². The van der Waals surface area contributed by atoms with Crippen LogP contribution >= 0.6 is 0 Å². The molecule has 0 aliphatic carbocycles. The molecule has 0 aromatic heterocycles. The Morgan fingerprint density at radius 1 is 0.879 bits per heavy atom. The van der Waals surface area contributed by atoms with E-state index in [1.54, 1.807) is 31.4 Å². The molecule has 0 radical (unpaired) electrons. The van der Waals surface area contributed by atoms with Crippen molar-refractivity contribution in [2.75, 3.05) is 58.0 Å². The third-order valence-corrected chi connectivity index (χ3v) is 4.58. The number of hydrogen-bond acceptors (Lipinski definition) is 4. The number of halogens is 3. The van der Waals surface area contributed by atoms with Gasteiger partial charge in [0.05, 0.1) is 12.7 Å². The summed E-state index contributed by atoms with van der Waals surface area (Å²) in [5, 5.41) is 7.95. The number of urea groups is 2. The molecule has 0 atom stereocenters. The quantitative estimate of drug-likeness (QED) is 0.522. The summed E-state index contributed by atoms with van der Waals surface area (Å²) in [5.41, 5.74) is 0.0305. The number of amides is 4. The molecule has 8 nitrogen and oxygen atoms in total. The zero-order valence-corrected chi connectivity index (χ0v) is 18.7. The van der Waals surface area contributed by atoms with Crippen LogP contribution in [0.25, 0.3) is 0 Å². The molecule has 0 bridgehead atoms. The van der Waals surface area contributed by atoms with Gasteiger partial charge in [-0.1, -0.05) is 0 Å². The molecule has 3 N–H and O–H groups in total. The van der Waals surface area contributed by atoms with Crippen LogP contribution in [0.4, 0.5) is 34.1 Å². The van der Waals surface area contributed by atoms with E-state index >= 15 is 0 Å². The largest absolute Gasteiger partial charge is 0.497 e. The van der Waals surface area contributed by atoms with Gasteiger partial charge in [-0.15, -0.1) is 0 Å². The molecule has 33 heavy (non-hydrogen) atoms. The van der Waals surface area contributed by atoms with Crippen molar-refractivity contribution in [3.8, 4) is 5.75 Å². The van der Waals surface area contributed by atoms with Crippen LogP contribution in [0.2, 0.25) is 0 Å². The molecule has 4 amide bonds. The van der Waals surface area contributed by atoms with Crippen molar-refractivity contribution in [1.82, 2.24) is 15.1 Å². The molecule has 0 spiro atoms. The number of hydrogen-bond donors (Lipinski definition) is 3. The Morgan fingerprint density at radius 3 is 2.00 bits per heavy atom. The average Bonchev–Trinajstić information content (AvgIpc) is 2.76. The van der Waals surface area contributed by atoms with E-state index in [9.17, 15) is 22.8 Å². The zero-order valence-electron chi connectivity index (χ0n) is 18.7. The lowest BCUT2D eigenvalue weighted by Crippen LogP contribution is -2.44. The first kappa shape index (κ1) is 25.8. The van der Waals surface area contributed by atoms with Crippen molar-refractivity contribution in [3.63, 3.8) is 0 Å². The van der Waals surface area contributed by atoms with Gasteiger partial charge >= 0.3 is 18.2 Å².